The zero-order valence-corrected chi connectivity index (χ0v) is 15.7. The van der Waals surface area contributed by atoms with Crippen LogP contribution in [0.4, 0.5) is 5.69 Å². The Morgan fingerprint density at radius 3 is 2.61 bits per heavy atom. The molecule has 0 heterocycles. The number of anilines is 1. The number of nitrogens with one attached hydrogen (secondary N) is 2. The first kappa shape index (κ1) is 18.1. The highest BCUT2D eigenvalue weighted by Crippen LogP contribution is 2.27. The van der Waals surface area contributed by atoms with Crippen LogP contribution in [-0.2, 0) is 0 Å². The van der Waals surface area contributed by atoms with Crippen molar-refractivity contribution in [1.29, 1.82) is 0 Å². The highest BCUT2D eigenvalue weighted by atomic mass is 35.5. The molecule has 0 saturated heterocycles. The van der Waals surface area contributed by atoms with Crippen LogP contribution in [0.25, 0.3) is 0 Å². The van der Waals surface area contributed by atoms with Crippen LogP contribution in [-0.4, -0.2) is 17.4 Å². The topological polar surface area (TPSA) is 24.1 Å². The summed E-state index contributed by atoms with van der Waals surface area (Å²) in [5.41, 5.74) is 3.13. The van der Waals surface area contributed by atoms with Crippen LogP contribution in [0.1, 0.15) is 17.5 Å². The predicted molar refractivity (Wildman–Crippen MR) is 107 cm³/mol. The molecule has 23 heavy (non-hydrogen) atoms. The van der Waals surface area contributed by atoms with E-state index in [2.05, 4.69) is 41.0 Å². The van der Waals surface area contributed by atoms with Crippen LogP contribution in [0.2, 0.25) is 5.02 Å². The maximum absolute atomic E-state index is 6.28. The van der Waals surface area contributed by atoms with Crippen molar-refractivity contribution in [2.75, 3.05) is 17.6 Å². The molecular weight excluding hydrogens is 344 g/mol. The van der Waals surface area contributed by atoms with Crippen LogP contribution in [0, 0.1) is 13.8 Å². The van der Waals surface area contributed by atoms with E-state index in [0.717, 1.165) is 35.5 Å². The molecule has 2 aromatic rings. The number of thioether (sulfide) groups is 1. The Morgan fingerprint density at radius 1 is 1.17 bits per heavy atom. The molecule has 0 fully saturated rings. The average Bonchev–Trinajstić information content (AvgIpc) is 2.51. The lowest BCUT2D eigenvalue weighted by atomic mass is 10.1. The van der Waals surface area contributed by atoms with E-state index < -0.39 is 0 Å². The van der Waals surface area contributed by atoms with Crippen molar-refractivity contribution in [2.45, 2.75) is 25.2 Å². The highest BCUT2D eigenvalue weighted by molar-refractivity contribution is 7.99. The molecule has 0 aliphatic rings. The monoisotopic (exact) mass is 364 g/mol. The van der Waals surface area contributed by atoms with Crippen molar-refractivity contribution >= 4 is 46.4 Å². The lowest BCUT2D eigenvalue weighted by Gasteiger charge is -2.14. The SMILES string of the molecule is Cc1cc(C)c(NC(=S)NCCCSc2ccccc2)c(Cl)c1. The molecule has 0 aliphatic heterocycles. The minimum atomic E-state index is 0.614. The van der Waals surface area contributed by atoms with Gasteiger partial charge in [-0.25, -0.2) is 0 Å². The molecule has 2 aromatic carbocycles. The van der Waals surface area contributed by atoms with E-state index in [1.165, 1.54) is 4.90 Å². The first-order chi connectivity index (χ1) is 11.1. The fraction of sp³-hybridized carbons (Fsp3) is 0.278. The Balaban J connectivity index is 1.71. The molecule has 2 rings (SSSR count). The zero-order valence-electron chi connectivity index (χ0n) is 13.4. The Morgan fingerprint density at radius 2 is 1.91 bits per heavy atom. The molecule has 0 spiro atoms. The summed E-state index contributed by atoms with van der Waals surface area (Å²) in [5.74, 6) is 1.06. The lowest BCUT2D eigenvalue weighted by Crippen LogP contribution is -2.29. The largest absolute Gasteiger partial charge is 0.362 e. The normalized spacial score (nSPS) is 10.4. The van der Waals surface area contributed by atoms with E-state index >= 15 is 0 Å². The smallest absolute Gasteiger partial charge is 0.170 e. The van der Waals surface area contributed by atoms with Gasteiger partial charge in [0.05, 0.1) is 10.7 Å². The lowest BCUT2D eigenvalue weighted by molar-refractivity contribution is 0.854. The van der Waals surface area contributed by atoms with Gasteiger partial charge in [-0.1, -0.05) is 35.9 Å². The second-order valence-corrected chi connectivity index (χ2v) is 7.32. The molecule has 2 N–H and O–H groups in total. The van der Waals surface area contributed by atoms with E-state index in [0.29, 0.717) is 10.1 Å². The molecule has 0 aromatic heterocycles. The second-order valence-electron chi connectivity index (χ2n) is 5.33. The van der Waals surface area contributed by atoms with Crippen LogP contribution in [0.15, 0.2) is 47.4 Å². The van der Waals surface area contributed by atoms with Gasteiger partial charge >= 0.3 is 0 Å². The Hall–Kier alpha value is -1.23. The number of hydrogen-bond donors (Lipinski definition) is 2. The van der Waals surface area contributed by atoms with Crippen LogP contribution in [0.5, 0.6) is 0 Å². The molecule has 0 aliphatic carbocycles. The van der Waals surface area contributed by atoms with E-state index in [9.17, 15) is 0 Å². The third-order valence-corrected chi connectivity index (χ3v) is 4.93. The summed E-state index contributed by atoms with van der Waals surface area (Å²) in [6.07, 6.45) is 1.04. The summed E-state index contributed by atoms with van der Waals surface area (Å²) in [6.45, 7) is 4.90. The van der Waals surface area contributed by atoms with Gasteiger partial charge in [-0.05, 0) is 67.6 Å². The predicted octanol–water partition coefficient (Wildman–Crippen LogP) is 5.43. The number of aryl methyl sites for hydroxylation is 2. The number of halogens is 1. The van der Waals surface area contributed by atoms with Crippen molar-refractivity contribution in [2.24, 2.45) is 0 Å². The summed E-state index contributed by atoms with van der Waals surface area (Å²) < 4.78 is 0. The maximum atomic E-state index is 6.28. The van der Waals surface area contributed by atoms with Gasteiger partial charge in [0.2, 0.25) is 0 Å². The molecule has 0 unspecified atom stereocenters. The highest BCUT2D eigenvalue weighted by Gasteiger charge is 2.06. The Bertz CT molecular complexity index is 636. The summed E-state index contributed by atoms with van der Waals surface area (Å²) in [5, 5.41) is 7.75. The van der Waals surface area contributed by atoms with Gasteiger partial charge in [0.25, 0.3) is 0 Å². The third-order valence-electron chi connectivity index (χ3n) is 3.29. The molecule has 2 nitrogen and oxygen atoms in total. The fourth-order valence-electron chi connectivity index (χ4n) is 2.21. The van der Waals surface area contributed by atoms with Gasteiger partial charge in [-0.15, -0.1) is 11.8 Å². The van der Waals surface area contributed by atoms with Crippen molar-refractivity contribution in [3.63, 3.8) is 0 Å². The van der Waals surface area contributed by atoms with Gasteiger partial charge < -0.3 is 10.6 Å². The van der Waals surface area contributed by atoms with Gasteiger partial charge in [-0.3, -0.25) is 0 Å². The molecule has 0 saturated carbocycles. The molecular formula is C18H21ClN2S2. The fourth-order valence-corrected chi connectivity index (χ4v) is 3.66. The maximum Gasteiger partial charge on any atom is 0.170 e. The average molecular weight is 365 g/mol. The molecule has 122 valence electrons. The summed E-state index contributed by atoms with van der Waals surface area (Å²) >= 11 is 13.5. The molecule has 0 amide bonds. The minimum Gasteiger partial charge on any atom is -0.362 e. The van der Waals surface area contributed by atoms with E-state index in [1.807, 2.05) is 37.7 Å². The van der Waals surface area contributed by atoms with Crippen molar-refractivity contribution in [3.8, 4) is 0 Å². The number of rotatable bonds is 6. The van der Waals surface area contributed by atoms with Crippen LogP contribution >= 0.6 is 35.6 Å². The van der Waals surface area contributed by atoms with Crippen molar-refractivity contribution < 1.29 is 0 Å². The Kier molecular flexibility index (Phi) is 7.21. The van der Waals surface area contributed by atoms with Crippen molar-refractivity contribution in [1.82, 2.24) is 5.32 Å². The zero-order chi connectivity index (χ0) is 16.7. The molecule has 0 bridgehead atoms. The number of hydrogen-bond acceptors (Lipinski definition) is 2. The van der Waals surface area contributed by atoms with E-state index in [-0.39, 0.29) is 0 Å². The van der Waals surface area contributed by atoms with Gasteiger partial charge in [0, 0.05) is 11.4 Å². The molecule has 0 atom stereocenters. The van der Waals surface area contributed by atoms with E-state index in [4.69, 9.17) is 23.8 Å². The first-order valence-electron chi connectivity index (χ1n) is 7.55. The quantitative estimate of drug-likeness (QED) is 0.405. The van der Waals surface area contributed by atoms with Crippen LogP contribution in [0.3, 0.4) is 0 Å². The third kappa shape index (κ3) is 6.05. The van der Waals surface area contributed by atoms with Gasteiger partial charge in [0.1, 0.15) is 0 Å². The second kappa shape index (κ2) is 9.16. The Labute approximate surface area is 153 Å². The van der Waals surface area contributed by atoms with E-state index in [1.54, 1.807) is 0 Å². The van der Waals surface area contributed by atoms with Gasteiger partial charge in [0.15, 0.2) is 5.11 Å². The summed E-state index contributed by atoms with van der Waals surface area (Å²) in [6, 6.07) is 14.5. The van der Waals surface area contributed by atoms with Crippen LogP contribution < -0.4 is 10.6 Å². The molecule has 0 radical (unpaired) electrons. The minimum absolute atomic E-state index is 0.614. The number of benzene rings is 2. The first-order valence-corrected chi connectivity index (χ1v) is 9.33. The van der Waals surface area contributed by atoms with Crippen molar-refractivity contribution in [3.05, 3.63) is 58.6 Å². The summed E-state index contributed by atoms with van der Waals surface area (Å²) in [4.78, 5) is 1.30. The van der Waals surface area contributed by atoms with Gasteiger partial charge in [-0.2, -0.15) is 0 Å². The standard InChI is InChI=1S/C18H21ClN2S2/c1-13-11-14(2)17(16(19)12-13)21-18(22)20-9-6-10-23-15-7-4-3-5-8-15/h3-5,7-8,11-12H,6,9-10H2,1-2H3,(H2,20,21,22). The molecule has 5 heteroatoms. The number of thiocarbonyl (C=S) groups is 1. The summed E-state index contributed by atoms with van der Waals surface area (Å²) in [7, 11) is 0.